The minimum atomic E-state index is 0.572. The molecule has 5 nitrogen and oxygen atoms in total. The molecule has 3 N–H and O–H groups in total. The van der Waals surface area contributed by atoms with Crippen molar-refractivity contribution in [3.05, 3.63) is 12.4 Å². The topological polar surface area (TPSA) is 73.1 Å². The lowest BCUT2D eigenvalue weighted by molar-refractivity contribution is 0.218. The monoisotopic (exact) mass is 200 g/mol. The van der Waals surface area contributed by atoms with Gasteiger partial charge in [-0.15, -0.1) is 11.8 Å². The van der Waals surface area contributed by atoms with E-state index in [1.807, 2.05) is 0 Å². The quantitative estimate of drug-likeness (QED) is 0.312. The number of hydrogen-bond acceptors (Lipinski definition) is 6. The number of hydrogen-bond donors (Lipinski definition) is 2. The maximum atomic E-state index is 5.19. The van der Waals surface area contributed by atoms with Crippen molar-refractivity contribution in [1.29, 1.82) is 0 Å². The number of nitrogens with zero attached hydrogens (tertiary/aromatic N) is 2. The van der Waals surface area contributed by atoms with Gasteiger partial charge >= 0.3 is 0 Å². The van der Waals surface area contributed by atoms with E-state index in [0.717, 1.165) is 10.8 Å². The SMILES string of the molecule is COCCSc1cncc(NN)n1. The predicted octanol–water partition coefficient (Wildman–Crippen LogP) is 0.501. The van der Waals surface area contributed by atoms with Gasteiger partial charge in [-0.2, -0.15) is 0 Å². The molecular weight excluding hydrogens is 188 g/mol. The Labute approximate surface area is 81.1 Å². The summed E-state index contributed by atoms with van der Waals surface area (Å²) in [6, 6.07) is 0. The lowest BCUT2D eigenvalue weighted by Crippen LogP contribution is -2.09. The maximum absolute atomic E-state index is 5.19. The average molecular weight is 200 g/mol. The molecular formula is C7H12N4OS. The molecule has 0 atom stereocenters. The van der Waals surface area contributed by atoms with Gasteiger partial charge in [0.1, 0.15) is 5.03 Å². The van der Waals surface area contributed by atoms with E-state index in [2.05, 4.69) is 15.4 Å². The molecule has 1 aromatic heterocycles. The van der Waals surface area contributed by atoms with Crippen molar-refractivity contribution in [2.75, 3.05) is 24.9 Å². The fourth-order valence-corrected chi connectivity index (χ4v) is 1.47. The summed E-state index contributed by atoms with van der Waals surface area (Å²) in [6.07, 6.45) is 3.27. The number of nitrogens with two attached hydrogens (primary N) is 1. The molecule has 0 radical (unpaired) electrons. The van der Waals surface area contributed by atoms with Crippen molar-refractivity contribution in [3.63, 3.8) is 0 Å². The zero-order valence-corrected chi connectivity index (χ0v) is 8.17. The normalized spacial score (nSPS) is 10.0. The van der Waals surface area contributed by atoms with Crippen LogP contribution in [0.25, 0.3) is 0 Å². The average Bonchev–Trinajstić information content (AvgIpc) is 2.19. The number of hydrazine groups is 1. The van der Waals surface area contributed by atoms with Crippen LogP contribution in [0.15, 0.2) is 17.4 Å². The Hall–Kier alpha value is -0.850. The molecule has 0 amide bonds. The summed E-state index contributed by atoms with van der Waals surface area (Å²) in [5.41, 5.74) is 2.44. The van der Waals surface area contributed by atoms with Crippen LogP contribution >= 0.6 is 11.8 Å². The molecule has 0 aliphatic heterocycles. The summed E-state index contributed by atoms with van der Waals surface area (Å²) >= 11 is 1.58. The highest BCUT2D eigenvalue weighted by Crippen LogP contribution is 2.14. The highest BCUT2D eigenvalue weighted by atomic mass is 32.2. The van der Waals surface area contributed by atoms with E-state index < -0.39 is 0 Å². The van der Waals surface area contributed by atoms with Gasteiger partial charge in [-0.25, -0.2) is 10.8 Å². The highest BCUT2D eigenvalue weighted by Gasteiger charge is 1.97. The maximum Gasteiger partial charge on any atom is 0.159 e. The first-order valence-electron chi connectivity index (χ1n) is 3.77. The van der Waals surface area contributed by atoms with Gasteiger partial charge in [-0.3, -0.25) is 4.98 Å². The van der Waals surface area contributed by atoms with E-state index >= 15 is 0 Å². The zero-order valence-electron chi connectivity index (χ0n) is 7.36. The van der Waals surface area contributed by atoms with Gasteiger partial charge in [0.15, 0.2) is 5.82 Å². The minimum Gasteiger partial charge on any atom is -0.384 e. The largest absolute Gasteiger partial charge is 0.384 e. The van der Waals surface area contributed by atoms with Crippen molar-refractivity contribution in [2.24, 2.45) is 5.84 Å². The lowest BCUT2D eigenvalue weighted by Gasteiger charge is -2.01. The molecule has 0 aliphatic rings. The molecule has 0 aliphatic carbocycles. The molecule has 0 unspecified atom stereocenters. The van der Waals surface area contributed by atoms with Gasteiger partial charge in [-0.1, -0.05) is 0 Å². The molecule has 0 saturated carbocycles. The minimum absolute atomic E-state index is 0.572. The van der Waals surface area contributed by atoms with E-state index in [1.165, 1.54) is 0 Å². The highest BCUT2D eigenvalue weighted by molar-refractivity contribution is 7.99. The molecule has 6 heteroatoms. The number of nitrogen functional groups attached to an aromatic ring is 1. The van der Waals surface area contributed by atoms with Crippen molar-refractivity contribution >= 4 is 17.6 Å². The standard InChI is InChI=1S/C7H12N4OS/c1-12-2-3-13-7-5-9-4-6(10-7)11-8/h4-5H,2-3,8H2,1H3,(H,10,11). The Morgan fingerprint density at radius 3 is 3.15 bits per heavy atom. The molecule has 0 saturated heterocycles. The van der Waals surface area contributed by atoms with E-state index in [4.69, 9.17) is 10.6 Å². The number of anilines is 1. The van der Waals surface area contributed by atoms with Crippen LogP contribution in [0.2, 0.25) is 0 Å². The van der Waals surface area contributed by atoms with Gasteiger partial charge in [0.05, 0.1) is 19.0 Å². The predicted molar refractivity (Wildman–Crippen MR) is 52.4 cm³/mol. The van der Waals surface area contributed by atoms with E-state index in [1.54, 1.807) is 31.3 Å². The smallest absolute Gasteiger partial charge is 0.159 e. The van der Waals surface area contributed by atoms with E-state index in [9.17, 15) is 0 Å². The first kappa shape index (κ1) is 10.2. The third-order valence-electron chi connectivity index (χ3n) is 1.30. The van der Waals surface area contributed by atoms with Crippen molar-refractivity contribution in [1.82, 2.24) is 9.97 Å². The molecule has 13 heavy (non-hydrogen) atoms. The van der Waals surface area contributed by atoms with Gasteiger partial charge in [-0.05, 0) is 0 Å². The first-order chi connectivity index (χ1) is 6.36. The van der Waals surface area contributed by atoms with Gasteiger partial charge in [0, 0.05) is 12.9 Å². The lowest BCUT2D eigenvalue weighted by atomic mass is 10.7. The van der Waals surface area contributed by atoms with Crippen LogP contribution in [0, 0.1) is 0 Å². The summed E-state index contributed by atoms with van der Waals surface area (Å²) in [4.78, 5) is 8.14. The second kappa shape index (κ2) is 5.74. The second-order valence-electron chi connectivity index (χ2n) is 2.23. The van der Waals surface area contributed by atoms with Crippen LogP contribution in [0.5, 0.6) is 0 Å². The van der Waals surface area contributed by atoms with Gasteiger partial charge < -0.3 is 10.2 Å². The number of thioether (sulfide) groups is 1. The summed E-state index contributed by atoms with van der Waals surface area (Å²) < 4.78 is 4.91. The van der Waals surface area contributed by atoms with Crippen LogP contribution < -0.4 is 11.3 Å². The van der Waals surface area contributed by atoms with Crippen LogP contribution in [-0.2, 0) is 4.74 Å². The molecule has 0 bridgehead atoms. The fourth-order valence-electron chi connectivity index (χ4n) is 0.717. The Kier molecular flexibility index (Phi) is 4.52. The molecule has 1 aromatic rings. The number of methoxy groups -OCH3 is 1. The Bertz CT molecular complexity index is 258. The van der Waals surface area contributed by atoms with Crippen LogP contribution in [-0.4, -0.2) is 29.4 Å². The Morgan fingerprint density at radius 2 is 2.46 bits per heavy atom. The second-order valence-corrected chi connectivity index (χ2v) is 3.34. The van der Waals surface area contributed by atoms with Gasteiger partial charge in [0.25, 0.3) is 0 Å². The summed E-state index contributed by atoms with van der Waals surface area (Å²) in [5.74, 6) is 6.62. The molecule has 1 heterocycles. The van der Waals surface area contributed by atoms with Crippen molar-refractivity contribution in [3.8, 4) is 0 Å². The van der Waals surface area contributed by atoms with Crippen LogP contribution in [0.4, 0.5) is 5.82 Å². The first-order valence-corrected chi connectivity index (χ1v) is 4.75. The summed E-state index contributed by atoms with van der Waals surface area (Å²) in [6.45, 7) is 0.701. The molecule has 0 aromatic carbocycles. The molecule has 72 valence electrons. The zero-order chi connectivity index (χ0) is 9.52. The van der Waals surface area contributed by atoms with Crippen LogP contribution in [0.1, 0.15) is 0 Å². The molecule has 0 spiro atoms. The molecule has 0 fully saturated rings. The third kappa shape index (κ3) is 3.58. The number of ether oxygens (including phenoxy) is 1. The van der Waals surface area contributed by atoms with Crippen molar-refractivity contribution < 1.29 is 4.74 Å². The third-order valence-corrected chi connectivity index (χ3v) is 2.16. The number of aromatic nitrogens is 2. The number of nitrogens with one attached hydrogen (secondary N) is 1. The van der Waals surface area contributed by atoms with Crippen molar-refractivity contribution in [2.45, 2.75) is 5.03 Å². The van der Waals surface area contributed by atoms with Gasteiger partial charge in [0.2, 0.25) is 0 Å². The van der Waals surface area contributed by atoms with E-state index in [-0.39, 0.29) is 0 Å². The van der Waals surface area contributed by atoms with Crippen LogP contribution in [0.3, 0.4) is 0 Å². The number of rotatable bonds is 5. The summed E-state index contributed by atoms with van der Waals surface area (Å²) in [7, 11) is 1.67. The Balaban J connectivity index is 2.46. The molecule has 1 rings (SSSR count). The fraction of sp³-hybridized carbons (Fsp3) is 0.429. The van der Waals surface area contributed by atoms with E-state index in [0.29, 0.717) is 12.4 Å². The summed E-state index contributed by atoms with van der Waals surface area (Å²) in [5, 5.41) is 0.840. The Morgan fingerprint density at radius 1 is 1.62 bits per heavy atom.